The molecule has 0 aromatic rings. The molecule has 2 atom stereocenters. The summed E-state index contributed by atoms with van der Waals surface area (Å²) < 4.78 is 28.2. The Bertz CT molecular complexity index is 453. The molecule has 1 rings (SSSR count). The van der Waals surface area contributed by atoms with E-state index in [0.717, 1.165) is 12.8 Å². The van der Waals surface area contributed by atoms with Gasteiger partial charge in [-0.05, 0) is 51.4 Å². The summed E-state index contributed by atoms with van der Waals surface area (Å²) in [6, 6.07) is 0. The Labute approximate surface area is 132 Å². The monoisotopic (exact) mass is 318 g/mol. The summed E-state index contributed by atoms with van der Waals surface area (Å²) in [5.41, 5.74) is -0.624. The topological polar surface area (TPSA) is 40.2 Å². The highest BCUT2D eigenvalue weighted by Crippen LogP contribution is 2.49. The maximum Gasteiger partial charge on any atom is 0.311 e. The Balaban J connectivity index is 3.03. The summed E-state index contributed by atoms with van der Waals surface area (Å²) in [6.07, 6.45) is 1.64. The fourth-order valence-corrected chi connectivity index (χ4v) is 6.28. The average Bonchev–Trinajstić information content (AvgIpc) is 2.61. The zero-order valence-corrected chi connectivity index (χ0v) is 16.3. The van der Waals surface area contributed by atoms with E-state index < -0.39 is 21.3 Å². The van der Waals surface area contributed by atoms with E-state index in [1.165, 1.54) is 0 Å². The maximum atomic E-state index is 12.5. The molecule has 0 N–H and O–H groups in total. The molecule has 21 heavy (non-hydrogen) atoms. The van der Waals surface area contributed by atoms with E-state index in [1.54, 1.807) is 8.83 Å². The van der Waals surface area contributed by atoms with Crippen molar-refractivity contribution in [2.45, 2.75) is 93.2 Å². The first-order chi connectivity index (χ1) is 8.90. The summed E-state index contributed by atoms with van der Waals surface area (Å²) in [5.74, 6) is 0. The summed E-state index contributed by atoms with van der Waals surface area (Å²) in [4.78, 5) is 0. The third-order valence-corrected chi connectivity index (χ3v) is 5.58. The Morgan fingerprint density at radius 2 is 0.857 bits per heavy atom. The summed E-state index contributed by atoms with van der Waals surface area (Å²) in [6.45, 7) is 21.0. The fraction of sp³-hybridized carbons (Fsp3) is 1.00. The molecule has 126 valence electrons. The highest BCUT2D eigenvalue weighted by molar-refractivity contribution is 7.92. The van der Waals surface area contributed by atoms with Crippen LogP contribution in [0.15, 0.2) is 0 Å². The van der Waals surface area contributed by atoms with Crippen LogP contribution < -0.4 is 0 Å². The highest BCUT2D eigenvalue weighted by Gasteiger charge is 2.65. The van der Waals surface area contributed by atoms with Crippen LogP contribution in [-0.4, -0.2) is 28.3 Å². The molecule has 0 bridgehead atoms. The van der Waals surface area contributed by atoms with Gasteiger partial charge in [-0.3, -0.25) is 0 Å². The van der Waals surface area contributed by atoms with Crippen LogP contribution in [0.4, 0.5) is 0 Å². The van der Waals surface area contributed by atoms with Crippen molar-refractivity contribution in [2.24, 2.45) is 10.8 Å². The molecule has 0 spiro atoms. The van der Waals surface area contributed by atoms with E-state index in [1.807, 2.05) is 27.7 Å². The van der Waals surface area contributed by atoms with Gasteiger partial charge in [-0.25, -0.2) is 0 Å². The van der Waals surface area contributed by atoms with E-state index in [0.29, 0.717) is 0 Å². The van der Waals surface area contributed by atoms with Gasteiger partial charge in [-0.2, -0.15) is 8.42 Å². The number of nitrogens with zero attached hydrogens (tertiary/aromatic N) is 2. The van der Waals surface area contributed by atoms with Crippen LogP contribution in [0.5, 0.6) is 0 Å². The van der Waals surface area contributed by atoms with E-state index in [9.17, 15) is 8.42 Å². The number of hydrazine groups is 1. The molecule has 1 aliphatic heterocycles. The minimum atomic E-state index is -3.29. The average molecular weight is 319 g/mol. The number of hydrogen-bond donors (Lipinski definition) is 0. The SMILES string of the molecule is CC(C)(C)CC(C)(C)N1N(C(C)(C)CC(C)(C)C)S1(=O)=O. The zero-order chi connectivity index (χ0) is 17.1. The van der Waals surface area contributed by atoms with Gasteiger partial charge in [0.15, 0.2) is 0 Å². The van der Waals surface area contributed by atoms with Crippen LogP contribution in [0, 0.1) is 10.8 Å². The Kier molecular flexibility index (Phi) is 4.44. The molecule has 0 aliphatic carbocycles. The Morgan fingerprint density at radius 1 is 0.619 bits per heavy atom. The molecule has 2 unspecified atom stereocenters. The molecule has 4 nitrogen and oxygen atoms in total. The van der Waals surface area contributed by atoms with Crippen molar-refractivity contribution in [1.29, 1.82) is 0 Å². The van der Waals surface area contributed by atoms with Gasteiger partial charge < -0.3 is 0 Å². The van der Waals surface area contributed by atoms with E-state index in [-0.39, 0.29) is 10.8 Å². The Hall–Kier alpha value is -0.130. The minimum Gasteiger partial charge on any atom is -0.192 e. The second-order valence-corrected chi connectivity index (χ2v) is 11.7. The number of hydrogen-bond acceptors (Lipinski definition) is 2. The molecule has 1 fully saturated rings. The second kappa shape index (κ2) is 4.93. The van der Waals surface area contributed by atoms with Crippen LogP contribution in [0.1, 0.15) is 82.1 Å². The molecule has 0 aromatic heterocycles. The molecule has 0 saturated carbocycles. The van der Waals surface area contributed by atoms with Crippen molar-refractivity contribution >= 4 is 10.2 Å². The third kappa shape index (κ3) is 4.42. The lowest BCUT2D eigenvalue weighted by Gasteiger charge is -2.36. The van der Waals surface area contributed by atoms with Crippen molar-refractivity contribution < 1.29 is 8.42 Å². The van der Waals surface area contributed by atoms with Crippen LogP contribution >= 0.6 is 0 Å². The van der Waals surface area contributed by atoms with Gasteiger partial charge in [0.1, 0.15) is 0 Å². The first kappa shape index (κ1) is 18.9. The van der Waals surface area contributed by atoms with E-state index >= 15 is 0 Å². The molecular formula is C16H34N2O2S. The summed E-state index contributed by atoms with van der Waals surface area (Å²) in [5, 5.41) is 0. The molecule has 0 aromatic carbocycles. The van der Waals surface area contributed by atoms with Crippen molar-refractivity contribution in [3.05, 3.63) is 0 Å². The van der Waals surface area contributed by atoms with E-state index in [4.69, 9.17) is 0 Å². The first-order valence-corrected chi connectivity index (χ1v) is 9.16. The molecule has 0 amide bonds. The number of rotatable bonds is 4. The largest absolute Gasteiger partial charge is 0.311 e. The van der Waals surface area contributed by atoms with Gasteiger partial charge in [-0.1, -0.05) is 50.4 Å². The Morgan fingerprint density at radius 3 is 1.05 bits per heavy atom. The normalized spacial score (nSPS) is 26.8. The lowest BCUT2D eigenvalue weighted by molar-refractivity contribution is 0.0431. The predicted octanol–water partition coefficient (Wildman–Crippen LogP) is 4.19. The van der Waals surface area contributed by atoms with Gasteiger partial charge in [-0.15, -0.1) is 0 Å². The van der Waals surface area contributed by atoms with Gasteiger partial charge in [0.2, 0.25) is 0 Å². The van der Waals surface area contributed by atoms with Crippen LogP contribution in [0.25, 0.3) is 0 Å². The van der Waals surface area contributed by atoms with Gasteiger partial charge in [0.25, 0.3) is 0 Å². The summed E-state index contributed by atoms with van der Waals surface area (Å²) >= 11 is 0. The highest BCUT2D eigenvalue weighted by atomic mass is 32.2. The van der Waals surface area contributed by atoms with Crippen LogP contribution in [0.2, 0.25) is 0 Å². The first-order valence-electron chi connectivity index (χ1n) is 7.76. The maximum absolute atomic E-state index is 12.5. The quantitative estimate of drug-likeness (QED) is 0.729. The second-order valence-electron chi connectivity index (χ2n) is 10.1. The molecule has 0 radical (unpaired) electrons. The van der Waals surface area contributed by atoms with Crippen molar-refractivity contribution in [3.63, 3.8) is 0 Å². The van der Waals surface area contributed by atoms with Crippen LogP contribution in [-0.2, 0) is 10.2 Å². The standard InChI is InChI=1S/C16H34N2O2S/c1-13(2,3)11-15(7,8)17-18(21(17,19)20)16(9,10)12-14(4,5)6/h11-12H2,1-10H3. The molecule has 1 heterocycles. The third-order valence-electron chi connectivity index (χ3n) is 3.54. The van der Waals surface area contributed by atoms with Gasteiger partial charge in [0, 0.05) is 11.1 Å². The predicted molar refractivity (Wildman–Crippen MR) is 88.9 cm³/mol. The lowest BCUT2D eigenvalue weighted by Crippen LogP contribution is -2.43. The molecule has 1 aliphatic rings. The van der Waals surface area contributed by atoms with E-state index in [2.05, 4.69) is 41.5 Å². The summed E-state index contributed by atoms with van der Waals surface area (Å²) in [7, 11) is -3.29. The molecule has 1 saturated heterocycles. The van der Waals surface area contributed by atoms with Gasteiger partial charge in [0.05, 0.1) is 0 Å². The smallest absolute Gasteiger partial charge is 0.192 e. The minimum absolute atomic E-state index is 0.0848. The molecule has 5 heteroatoms. The van der Waals surface area contributed by atoms with Crippen molar-refractivity contribution in [3.8, 4) is 0 Å². The van der Waals surface area contributed by atoms with Crippen molar-refractivity contribution in [1.82, 2.24) is 8.83 Å². The lowest BCUT2D eigenvalue weighted by atomic mass is 9.81. The zero-order valence-electron chi connectivity index (χ0n) is 15.5. The van der Waals surface area contributed by atoms with Gasteiger partial charge >= 0.3 is 10.2 Å². The fourth-order valence-electron chi connectivity index (χ4n) is 4.00. The van der Waals surface area contributed by atoms with Crippen molar-refractivity contribution in [2.75, 3.05) is 0 Å². The molecular weight excluding hydrogens is 284 g/mol. The van der Waals surface area contributed by atoms with Crippen LogP contribution in [0.3, 0.4) is 0 Å².